The Bertz CT molecular complexity index is 233. The van der Waals surface area contributed by atoms with Gasteiger partial charge in [0.2, 0.25) is 11.8 Å². The van der Waals surface area contributed by atoms with Gasteiger partial charge in [0.15, 0.2) is 0 Å². The molecule has 0 spiro atoms. The maximum atomic E-state index is 11.4. The number of hydrogen-bond donors (Lipinski definition) is 1. The smallest absolute Gasteiger partial charge is 0.242 e. The SMILES string of the molecule is CCSCCN1C(=O)CNC(=O)C1C. The lowest BCUT2D eigenvalue weighted by Gasteiger charge is -2.32. The Morgan fingerprint density at radius 3 is 2.93 bits per heavy atom. The first kappa shape index (κ1) is 11.4. The number of thioether (sulfide) groups is 1. The Hall–Kier alpha value is -0.710. The molecule has 0 aliphatic carbocycles. The lowest BCUT2D eigenvalue weighted by atomic mass is 10.2. The molecule has 5 heteroatoms. The van der Waals surface area contributed by atoms with Crippen molar-refractivity contribution < 1.29 is 9.59 Å². The molecule has 1 atom stereocenters. The second kappa shape index (κ2) is 5.24. The van der Waals surface area contributed by atoms with Gasteiger partial charge in [-0.2, -0.15) is 11.8 Å². The summed E-state index contributed by atoms with van der Waals surface area (Å²) in [6.45, 7) is 4.67. The van der Waals surface area contributed by atoms with Crippen LogP contribution in [0.1, 0.15) is 13.8 Å². The van der Waals surface area contributed by atoms with Gasteiger partial charge in [-0.25, -0.2) is 0 Å². The van der Waals surface area contributed by atoms with Gasteiger partial charge in [0.25, 0.3) is 0 Å². The van der Waals surface area contributed by atoms with Crippen molar-refractivity contribution in [1.82, 2.24) is 10.2 Å². The molecule has 0 radical (unpaired) electrons. The summed E-state index contributed by atoms with van der Waals surface area (Å²) < 4.78 is 0. The van der Waals surface area contributed by atoms with Crippen molar-refractivity contribution in [2.24, 2.45) is 0 Å². The summed E-state index contributed by atoms with van der Waals surface area (Å²) >= 11 is 1.78. The van der Waals surface area contributed by atoms with E-state index in [1.54, 1.807) is 23.6 Å². The van der Waals surface area contributed by atoms with Crippen molar-refractivity contribution in [2.75, 3.05) is 24.6 Å². The molecule has 0 bridgehead atoms. The van der Waals surface area contributed by atoms with Crippen molar-refractivity contribution in [3.63, 3.8) is 0 Å². The zero-order valence-corrected chi connectivity index (χ0v) is 9.39. The Kier molecular flexibility index (Phi) is 4.25. The average Bonchev–Trinajstić information content (AvgIpc) is 2.18. The van der Waals surface area contributed by atoms with Crippen molar-refractivity contribution in [3.8, 4) is 0 Å². The third kappa shape index (κ3) is 2.64. The van der Waals surface area contributed by atoms with E-state index in [4.69, 9.17) is 0 Å². The van der Waals surface area contributed by atoms with Crippen molar-refractivity contribution in [1.29, 1.82) is 0 Å². The highest BCUT2D eigenvalue weighted by Crippen LogP contribution is 2.07. The molecular weight excluding hydrogens is 200 g/mol. The summed E-state index contributed by atoms with van der Waals surface area (Å²) in [7, 11) is 0. The molecule has 1 heterocycles. The van der Waals surface area contributed by atoms with Gasteiger partial charge in [-0.05, 0) is 12.7 Å². The molecule has 1 rings (SSSR count). The van der Waals surface area contributed by atoms with Crippen molar-refractivity contribution in [3.05, 3.63) is 0 Å². The molecule has 2 amide bonds. The number of hydrogen-bond acceptors (Lipinski definition) is 3. The van der Waals surface area contributed by atoms with E-state index in [2.05, 4.69) is 12.2 Å². The molecule has 1 aliphatic heterocycles. The quantitative estimate of drug-likeness (QED) is 0.677. The molecule has 1 saturated heterocycles. The van der Waals surface area contributed by atoms with Crippen LogP contribution in [0.4, 0.5) is 0 Å². The van der Waals surface area contributed by atoms with Gasteiger partial charge in [-0.3, -0.25) is 9.59 Å². The number of amides is 2. The largest absolute Gasteiger partial charge is 0.345 e. The zero-order valence-electron chi connectivity index (χ0n) is 8.58. The molecule has 1 N–H and O–H groups in total. The third-order valence-corrected chi connectivity index (χ3v) is 3.14. The summed E-state index contributed by atoms with van der Waals surface area (Å²) in [5, 5.41) is 2.56. The molecule has 1 unspecified atom stereocenters. The minimum absolute atomic E-state index is 0.0220. The van der Waals surface area contributed by atoms with Gasteiger partial charge in [0.1, 0.15) is 6.04 Å². The topological polar surface area (TPSA) is 49.4 Å². The molecular formula is C9H16N2O2S. The first-order chi connectivity index (χ1) is 6.66. The fraction of sp³-hybridized carbons (Fsp3) is 0.778. The van der Waals surface area contributed by atoms with Crippen LogP contribution < -0.4 is 5.32 Å². The number of rotatable bonds is 4. The predicted octanol–water partition coefficient (Wildman–Crippen LogP) is 0.0864. The molecule has 0 aromatic carbocycles. The van der Waals surface area contributed by atoms with E-state index in [0.29, 0.717) is 6.54 Å². The van der Waals surface area contributed by atoms with E-state index in [0.717, 1.165) is 11.5 Å². The summed E-state index contributed by atoms with van der Waals surface area (Å²) in [6, 6.07) is -0.311. The Labute approximate surface area is 88.4 Å². The number of carbonyl (C=O) groups excluding carboxylic acids is 2. The molecule has 0 aromatic heterocycles. The van der Waals surface area contributed by atoms with Crippen LogP contribution in [0.25, 0.3) is 0 Å². The molecule has 1 aliphatic rings. The van der Waals surface area contributed by atoms with Gasteiger partial charge in [-0.1, -0.05) is 6.92 Å². The van der Waals surface area contributed by atoms with E-state index in [9.17, 15) is 9.59 Å². The number of piperazine rings is 1. The second-order valence-corrected chi connectivity index (χ2v) is 4.57. The maximum absolute atomic E-state index is 11.4. The van der Waals surface area contributed by atoms with Crippen LogP contribution >= 0.6 is 11.8 Å². The number of nitrogens with zero attached hydrogens (tertiary/aromatic N) is 1. The lowest BCUT2D eigenvalue weighted by Crippen LogP contribution is -2.57. The maximum Gasteiger partial charge on any atom is 0.242 e. The van der Waals surface area contributed by atoms with Crippen LogP contribution in [0.15, 0.2) is 0 Å². The number of nitrogens with one attached hydrogen (secondary N) is 1. The fourth-order valence-corrected chi connectivity index (χ4v) is 2.01. The molecule has 80 valence electrons. The highest BCUT2D eigenvalue weighted by Gasteiger charge is 2.29. The average molecular weight is 216 g/mol. The second-order valence-electron chi connectivity index (χ2n) is 3.18. The minimum atomic E-state index is -0.311. The molecule has 1 fully saturated rings. The number of carbonyl (C=O) groups is 2. The van der Waals surface area contributed by atoms with E-state index in [1.165, 1.54) is 0 Å². The first-order valence-electron chi connectivity index (χ1n) is 4.81. The van der Waals surface area contributed by atoms with Crippen LogP contribution in [0.2, 0.25) is 0 Å². The summed E-state index contributed by atoms with van der Waals surface area (Å²) in [6.07, 6.45) is 0. The minimum Gasteiger partial charge on any atom is -0.345 e. The monoisotopic (exact) mass is 216 g/mol. The van der Waals surface area contributed by atoms with Crippen molar-refractivity contribution >= 4 is 23.6 Å². The summed E-state index contributed by atoms with van der Waals surface area (Å²) in [5.74, 6) is 1.92. The van der Waals surface area contributed by atoms with E-state index in [-0.39, 0.29) is 24.4 Å². The molecule has 0 aromatic rings. The Morgan fingerprint density at radius 2 is 2.29 bits per heavy atom. The van der Waals surface area contributed by atoms with Crippen LogP contribution in [0.5, 0.6) is 0 Å². The first-order valence-corrected chi connectivity index (χ1v) is 5.97. The fourth-order valence-electron chi connectivity index (χ4n) is 1.40. The van der Waals surface area contributed by atoms with Crippen molar-refractivity contribution in [2.45, 2.75) is 19.9 Å². The molecule has 0 saturated carbocycles. The van der Waals surface area contributed by atoms with Gasteiger partial charge in [0, 0.05) is 12.3 Å². The molecule has 14 heavy (non-hydrogen) atoms. The van der Waals surface area contributed by atoms with Gasteiger partial charge >= 0.3 is 0 Å². The summed E-state index contributed by atoms with van der Waals surface area (Å²) in [5.41, 5.74) is 0. The lowest BCUT2D eigenvalue weighted by molar-refractivity contribution is -0.144. The van der Waals surface area contributed by atoms with E-state index < -0.39 is 0 Å². The highest BCUT2D eigenvalue weighted by molar-refractivity contribution is 7.99. The van der Waals surface area contributed by atoms with Crippen LogP contribution in [0, 0.1) is 0 Å². The Balaban J connectivity index is 2.46. The van der Waals surface area contributed by atoms with Crippen LogP contribution in [-0.4, -0.2) is 47.4 Å². The van der Waals surface area contributed by atoms with E-state index in [1.807, 2.05) is 0 Å². The van der Waals surface area contributed by atoms with Crippen LogP contribution in [0.3, 0.4) is 0 Å². The normalized spacial score (nSPS) is 22.4. The highest BCUT2D eigenvalue weighted by atomic mass is 32.2. The molecule has 4 nitrogen and oxygen atoms in total. The standard InChI is InChI=1S/C9H16N2O2S/c1-3-14-5-4-11-7(2)9(13)10-6-8(11)12/h7H,3-6H2,1-2H3,(H,10,13). The van der Waals surface area contributed by atoms with E-state index >= 15 is 0 Å². The zero-order chi connectivity index (χ0) is 10.6. The predicted molar refractivity (Wildman–Crippen MR) is 57.2 cm³/mol. The van der Waals surface area contributed by atoms with Crippen LogP contribution in [-0.2, 0) is 9.59 Å². The van der Waals surface area contributed by atoms with Gasteiger partial charge in [0.05, 0.1) is 6.54 Å². The van der Waals surface area contributed by atoms with Gasteiger partial charge in [-0.15, -0.1) is 0 Å². The third-order valence-electron chi connectivity index (χ3n) is 2.26. The summed E-state index contributed by atoms with van der Waals surface area (Å²) in [4.78, 5) is 24.4. The Morgan fingerprint density at radius 1 is 1.57 bits per heavy atom. The van der Waals surface area contributed by atoms with Gasteiger partial charge < -0.3 is 10.2 Å².